The van der Waals surface area contributed by atoms with Crippen LogP contribution in [0.5, 0.6) is 0 Å². The number of aliphatic hydroxyl groups excluding tert-OH is 3. The van der Waals surface area contributed by atoms with Crippen molar-refractivity contribution in [3.8, 4) is 0 Å². The Morgan fingerprint density at radius 2 is 1.89 bits per heavy atom. The van der Waals surface area contributed by atoms with E-state index >= 15 is 0 Å². The minimum Gasteiger partial charge on any atom is -0.388 e. The van der Waals surface area contributed by atoms with Gasteiger partial charge in [-0.1, -0.05) is 0 Å². The monoisotopic (exact) mass is 301 g/mol. The highest BCUT2D eigenvalue weighted by atomic mass is 32.3. The van der Waals surface area contributed by atoms with Crippen LogP contribution in [0, 0.1) is 0 Å². The molecule has 19 heavy (non-hydrogen) atoms. The summed E-state index contributed by atoms with van der Waals surface area (Å²) in [6, 6.07) is -1.27. The van der Waals surface area contributed by atoms with Crippen LogP contribution in [0.15, 0.2) is 0 Å². The van der Waals surface area contributed by atoms with E-state index in [4.69, 9.17) is 9.29 Å². The summed E-state index contributed by atoms with van der Waals surface area (Å²) in [6.07, 6.45) is -6.28. The number of rotatable bonds is 4. The summed E-state index contributed by atoms with van der Waals surface area (Å²) in [5.74, 6) is -0.563. The van der Waals surface area contributed by atoms with Gasteiger partial charge in [-0.05, 0) is 0 Å². The van der Waals surface area contributed by atoms with E-state index in [1.54, 1.807) is 0 Å². The van der Waals surface area contributed by atoms with Crippen molar-refractivity contribution in [3.63, 3.8) is 0 Å². The fourth-order valence-corrected chi connectivity index (χ4v) is 1.93. The van der Waals surface area contributed by atoms with Crippen LogP contribution in [0.25, 0.3) is 0 Å². The minimum atomic E-state index is -4.74. The first-order chi connectivity index (χ1) is 8.61. The average molecular weight is 301 g/mol. The summed E-state index contributed by atoms with van der Waals surface area (Å²) in [4.78, 5) is 10.8. The molecule has 0 saturated carbocycles. The maximum Gasteiger partial charge on any atom is 0.397 e. The number of hydrogen-bond acceptors (Lipinski definition) is 8. The zero-order valence-electron chi connectivity index (χ0n) is 9.83. The van der Waals surface area contributed by atoms with Crippen molar-refractivity contribution in [2.24, 2.45) is 0 Å². The molecule has 1 aliphatic rings. The lowest BCUT2D eigenvalue weighted by Gasteiger charge is -2.40. The lowest BCUT2D eigenvalue weighted by Crippen LogP contribution is -2.64. The second-order valence-corrected chi connectivity index (χ2v) is 5.08. The van der Waals surface area contributed by atoms with Gasteiger partial charge < -0.3 is 25.4 Å². The molecule has 0 bridgehead atoms. The van der Waals surface area contributed by atoms with Crippen LogP contribution in [0.4, 0.5) is 0 Å². The van der Waals surface area contributed by atoms with Crippen molar-refractivity contribution < 1.29 is 42.0 Å². The maximum atomic E-state index is 10.8. The van der Waals surface area contributed by atoms with Crippen LogP contribution < -0.4 is 5.32 Å². The van der Waals surface area contributed by atoms with Gasteiger partial charge in [-0.25, -0.2) is 4.18 Å². The molecule has 5 N–H and O–H groups in total. The normalized spacial score (nSPS) is 35.9. The molecule has 0 aromatic rings. The molecule has 1 amide bonds. The first-order valence-corrected chi connectivity index (χ1v) is 6.57. The fraction of sp³-hybridized carbons (Fsp3) is 0.875. The van der Waals surface area contributed by atoms with Gasteiger partial charge in [0.25, 0.3) is 0 Å². The van der Waals surface area contributed by atoms with E-state index in [9.17, 15) is 28.5 Å². The highest BCUT2D eigenvalue weighted by Gasteiger charge is 2.44. The molecule has 1 heterocycles. The third-order valence-corrected chi connectivity index (χ3v) is 2.91. The largest absolute Gasteiger partial charge is 0.397 e. The molecule has 112 valence electrons. The van der Waals surface area contributed by atoms with Gasteiger partial charge in [0, 0.05) is 6.92 Å². The molecule has 1 aliphatic heterocycles. The van der Waals surface area contributed by atoms with Crippen LogP contribution in [0.2, 0.25) is 0 Å². The zero-order chi connectivity index (χ0) is 14.8. The predicted molar refractivity (Wildman–Crippen MR) is 58.0 cm³/mol. The van der Waals surface area contributed by atoms with Gasteiger partial charge in [-0.3, -0.25) is 9.35 Å². The van der Waals surface area contributed by atoms with Gasteiger partial charge in [0.1, 0.15) is 24.4 Å². The summed E-state index contributed by atoms with van der Waals surface area (Å²) >= 11 is 0. The van der Waals surface area contributed by atoms with E-state index in [1.807, 2.05) is 0 Å². The fourth-order valence-electron chi connectivity index (χ4n) is 1.63. The molecule has 1 saturated heterocycles. The standard InChI is InChI=1S/C8H15NO9S/c1-3(10)9-5-7(12)6(11)4(18-8(5)13)2-17-19(14,15)16/h4-8,11-13H,2H2,1H3,(H,9,10)(H,14,15,16)/t4?,5-,6+,7-,8?/m1/s1. The molecule has 0 aromatic heterocycles. The summed E-state index contributed by atoms with van der Waals surface area (Å²) < 4.78 is 37.9. The van der Waals surface area contributed by atoms with Crippen LogP contribution in [-0.4, -0.2) is 71.4 Å². The van der Waals surface area contributed by atoms with Gasteiger partial charge >= 0.3 is 10.4 Å². The number of ether oxygens (including phenoxy) is 1. The van der Waals surface area contributed by atoms with Gasteiger partial charge in [-0.15, -0.1) is 0 Å². The van der Waals surface area contributed by atoms with E-state index in [0.29, 0.717) is 0 Å². The number of amides is 1. The third kappa shape index (κ3) is 4.65. The Morgan fingerprint density at radius 1 is 1.32 bits per heavy atom. The minimum absolute atomic E-state index is 0.563. The van der Waals surface area contributed by atoms with Crippen LogP contribution in [-0.2, 0) is 24.1 Å². The van der Waals surface area contributed by atoms with Crippen LogP contribution >= 0.6 is 0 Å². The Balaban J connectivity index is 2.69. The zero-order valence-corrected chi connectivity index (χ0v) is 10.6. The van der Waals surface area contributed by atoms with Crippen molar-refractivity contribution in [1.82, 2.24) is 5.32 Å². The highest BCUT2D eigenvalue weighted by Crippen LogP contribution is 2.20. The summed E-state index contributed by atoms with van der Waals surface area (Å²) in [7, 11) is -4.74. The predicted octanol–water partition coefficient (Wildman–Crippen LogP) is -3.25. The van der Waals surface area contributed by atoms with E-state index in [1.165, 1.54) is 0 Å². The maximum absolute atomic E-state index is 10.8. The summed E-state index contributed by atoms with van der Waals surface area (Å²) in [5, 5.41) is 31.0. The number of nitrogens with one attached hydrogen (secondary N) is 1. The molecule has 0 aliphatic carbocycles. The van der Waals surface area contributed by atoms with Gasteiger partial charge in [0.15, 0.2) is 6.29 Å². The first-order valence-electron chi connectivity index (χ1n) is 5.20. The molecular weight excluding hydrogens is 286 g/mol. The van der Waals surface area contributed by atoms with Crippen LogP contribution in [0.1, 0.15) is 6.92 Å². The third-order valence-electron chi connectivity index (χ3n) is 2.47. The van der Waals surface area contributed by atoms with Gasteiger partial charge in [0.05, 0.1) is 6.61 Å². The number of aliphatic hydroxyl groups is 3. The molecule has 1 fully saturated rings. The van der Waals surface area contributed by atoms with Gasteiger partial charge in [0.2, 0.25) is 5.91 Å². The lowest BCUT2D eigenvalue weighted by atomic mass is 9.97. The quantitative estimate of drug-likeness (QED) is 0.335. The van der Waals surface area contributed by atoms with Crippen molar-refractivity contribution in [2.75, 3.05) is 6.61 Å². The Morgan fingerprint density at radius 3 is 2.37 bits per heavy atom. The smallest absolute Gasteiger partial charge is 0.388 e. The summed E-state index contributed by atoms with van der Waals surface area (Å²) in [6.45, 7) is 0.334. The van der Waals surface area contributed by atoms with Crippen LogP contribution in [0.3, 0.4) is 0 Å². The Bertz CT molecular complexity index is 424. The van der Waals surface area contributed by atoms with Crippen molar-refractivity contribution in [3.05, 3.63) is 0 Å². The molecule has 10 nitrogen and oxygen atoms in total. The topological polar surface area (TPSA) is 163 Å². The number of hydrogen-bond donors (Lipinski definition) is 5. The van der Waals surface area contributed by atoms with E-state index in [0.717, 1.165) is 6.92 Å². The Kier molecular flexibility index (Phi) is 5.20. The molecule has 0 spiro atoms. The molecule has 11 heteroatoms. The lowest BCUT2D eigenvalue weighted by molar-refractivity contribution is -0.252. The molecule has 5 atom stereocenters. The second kappa shape index (κ2) is 6.09. The van der Waals surface area contributed by atoms with Gasteiger partial charge in [-0.2, -0.15) is 8.42 Å². The van der Waals surface area contributed by atoms with Crippen molar-refractivity contribution in [2.45, 2.75) is 37.6 Å². The molecular formula is C8H15NO9S. The number of carbonyl (C=O) groups excluding carboxylic acids is 1. The number of carbonyl (C=O) groups is 1. The molecule has 0 radical (unpaired) electrons. The summed E-state index contributed by atoms with van der Waals surface area (Å²) in [5.41, 5.74) is 0. The molecule has 0 aromatic carbocycles. The van der Waals surface area contributed by atoms with E-state index < -0.39 is 53.6 Å². The average Bonchev–Trinajstić information content (AvgIpc) is 2.26. The second-order valence-electron chi connectivity index (χ2n) is 3.98. The molecule has 2 unspecified atom stereocenters. The van der Waals surface area contributed by atoms with E-state index in [-0.39, 0.29) is 0 Å². The SMILES string of the molecule is CC(=O)N[C@H]1C(O)OC(COS(=O)(=O)O)[C@H](O)[C@@H]1O. The van der Waals surface area contributed by atoms with Crippen molar-refractivity contribution >= 4 is 16.3 Å². The molecule has 1 rings (SSSR count). The van der Waals surface area contributed by atoms with E-state index in [2.05, 4.69) is 9.50 Å². The first kappa shape index (κ1) is 16.2. The van der Waals surface area contributed by atoms with Crippen molar-refractivity contribution in [1.29, 1.82) is 0 Å². The Hall–Kier alpha value is -0.820. The highest BCUT2D eigenvalue weighted by molar-refractivity contribution is 7.80. The Labute approximate surface area is 108 Å².